The molecule has 0 bridgehead atoms. The van der Waals surface area contributed by atoms with E-state index in [1.807, 2.05) is 0 Å². The highest BCUT2D eigenvalue weighted by Crippen LogP contribution is 2.32. The Balaban J connectivity index is 1.88. The van der Waals surface area contributed by atoms with Crippen LogP contribution in [0.4, 0.5) is 19.0 Å². The second-order valence-electron chi connectivity index (χ2n) is 5.89. The van der Waals surface area contributed by atoms with Crippen LogP contribution >= 0.6 is 11.6 Å². The molecule has 0 aliphatic carbocycles. The molecule has 0 radical (unpaired) electrons. The molecule has 0 spiro atoms. The fourth-order valence-electron chi connectivity index (χ4n) is 2.65. The maximum atomic E-state index is 13.6. The van der Waals surface area contributed by atoms with Gasteiger partial charge in [-0.25, -0.2) is 19.3 Å². The molecule has 0 aromatic carbocycles. The Morgan fingerprint density at radius 3 is 2.72 bits per heavy atom. The summed E-state index contributed by atoms with van der Waals surface area (Å²) in [6.45, 7) is 1.18. The average molecular weight is 369 g/mol. The van der Waals surface area contributed by atoms with Crippen LogP contribution in [0.3, 0.4) is 0 Å². The Bertz CT molecular complexity index is 948. The van der Waals surface area contributed by atoms with Gasteiger partial charge in [-0.3, -0.25) is 0 Å². The van der Waals surface area contributed by atoms with E-state index < -0.39 is 17.8 Å². The molecular formula is C15H12ClF3N6. The van der Waals surface area contributed by atoms with Crippen LogP contribution in [-0.4, -0.2) is 44.0 Å². The zero-order valence-electron chi connectivity index (χ0n) is 13.0. The van der Waals surface area contributed by atoms with Gasteiger partial charge in [0.05, 0.1) is 24.0 Å². The largest absolute Gasteiger partial charge is 0.349 e. The van der Waals surface area contributed by atoms with Gasteiger partial charge in [0.15, 0.2) is 5.82 Å². The highest BCUT2D eigenvalue weighted by atomic mass is 35.5. The van der Waals surface area contributed by atoms with Crippen LogP contribution in [0.15, 0.2) is 24.5 Å². The highest BCUT2D eigenvalue weighted by Gasteiger charge is 2.31. The second kappa shape index (κ2) is 5.55. The van der Waals surface area contributed by atoms with Gasteiger partial charge < -0.3 is 4.90 Å². The molecule has 1 aliphatic heterocycles. The number of fused-ring (bicyclic) bond motifs is 1. The van der Waals surface area contributed by atoms with Crippen LogP contribution in [0.1, 0.15) is 12.6 Å². The molecule has 0 amide bonds. The van der Waals surface area contributed by atoms with Crippen LogP contribution in [0.25, 0.3) is 16.9 Å². The van der Waals surface area contributed by atoms with Crippen molar-refractivity contribution in [2.45, 2.75) is 19.0 Å². The quantitative estimate of drug-likeness (QED) is 0.665. The van der Waals surface area contributed by atoms with Gasteiger partial charge in [-0.05, 0) is 6.07 Å². The number of aromatic nitrogens is 5. The molecule has 4 rings (SSSR count). The summed E-state index contributed by atoms with van der Waals surface area (Å²) in [4.78, 5) is 13.7. The molecule has 0 N–H and O–H groups in total. The molecule has 3 aromatic heterocycles. The second-order valence-corrected chi connectivity index (χ2v) is 6.28. The van der Waals surface area contributed by atoms with Crippen molar-refractivity contribution in [3.8, 4) is 5.95 Å². The Morgan fingerprint density at radius 1 is 1.28 bits per heavy atom. The molecule has 130 valence electrons. The third kappa shape index (κ3) is 2.78. The minimum absolute atomic E-state index is 0.0186. The van der Waals surface area contributed by atoms with E-state index in [0.717, 1.165) is 13.0 Å². The first-order valence-corrected chi connectivity index (χ1v) is 7.86. The third-order valence-corrected chi connectivity index (χ3v) is 4.14. The topological polar surface area (TPSA) is 59.7 Å². The zero-order valence-corrected chi connectivity index (χ0v) is 13.8. The summed E-state index contributed by atoms with van der Waals surface area (Å²) in [5, 5.41) is 5.22. The maximum absolute atomic E-state index is 13.6. The van der Waals surface area contributed by atoms with Crippen LogP contribution in [0, 0.1) is 0 Å². The standard InChI is InChI=1S/C15H12ClF3N6/c1-15(18,19)11-2-3-20-14(22-11)25-10-4-12(16)21-5-9(10)13(23-25)24-6-8(17)7-24/h2-5,8H,6-7H2,1H3. The predicted octanol–water partition coefficient (Wildman–Crippen LogP) is 3.13. The first-order chi connectivity index (χ1) is 11.8. The smallest absolute Gasteiger partial charge is 0.287 e. The average Bonchev–Trinajstić information content (AvgIpc) is 2.89. The molecule has 3 aromatic rings. The van der Waals surface area contributed by atoms with Crippen molar-refractivity contribution in [1.82, 2.24) is 24.7 Å². The van der Waals surface area contributed by atoms with E-state index in [2.05, 4.69) is 20.1 Å². The monoisotopic (exact) mass is 368 g/mol. The first-order valence-electron chi connectivity index (χ1n) is 7.48. The predicted molar refractivity (Wildman–Crippen MR) is 86.1 cm³/mol. The summed E-state index contributed by atoms with van der Waals surface area (Å²) in [6, 6.07) is 2.69. The molecule has 0 unspecified atom stereocenters. The number of halogens is 4. The van der Waals surface area contributed by atoms with Crippen LogP contribution < -0.4 is 4.90 Å². The van der Waals surface area contributed by atoms with Crippen LogP contribution in [0.5, 0.6) is 0 Å². The van der Waals surface area contributed by atoms with E-state index in [0.29, 0.717) is 16.7 Å². The zero-order chi connectivity index (χ0) is 17.8. The van der Waals surface area contributed by atoms with Crippen LogP contribution in [-0.2, 0) is 5.92 Å². The number of anilines is 1. The van der Waals surface area contributed by atoms with E-state index in [1.165, 1.54) is 17.1 Å². The molecule has 0 saturated carbocycles. The molecule has 1 aliphatic rings. The van der Waals surface area contributed by atoms with Gasteiger partial charge in [-0.2, -0.15) is 13.5 Å². The molecular weight excluding hydrogens is 357 g/mol. The number of nitrogens with zero attached hydrogens (tertiary/aromatic N) is 6. The number of rotatable bonds is 3. The lowest BCUT2D eigenvalue weighted by atomic mass is 10.2. The van der Waals surface area contributed by atoms with Crippen molar-refractivity contribution in [3.63, 3.8) is 0 Å². The summed E-state index contributed by atoms with van der Waals surface area (Å²) in [7, 11) is 0. The van der Waals surface area contributed by atoms with E-state index in [9.17, 15) is 13.2 Å². The Morgan fingerprint density at radius 2 is 2.04 bits per heavy atom. The molecule has 1 fully saturated rings. The fraction of sp³-hybridized carbons (Fsp3) is 0.333. The lowest BCUT2D eigenvalue weighted by Gasteiger charge is -2.34. The van der Waals surface area contributed by atoms with Gasteiger partial charge >= 0.3 is 0 Å². The van der Waals surface area contributed by atoms with Gasteiger partial charge in [0, 0.05) is 25.4 Å². The fourth-order valence-corrected chi connectivity index (χ4v) is 2.80. The van der Waals surface area contributed by atoms with Crippen LogP contribution in [0.2, 0.25) is 5.15 Å². The van der Waals surface area contributed by atoms with E-state index in [4.69, 9.17) is 11.6 Å². The van der Waals surface area contributed by atoms with Crippen molar-refractivity contribution in [2.24, 2.45) is 0 Å². The summed E-state index contributed by atoms with van der Waals surface area (Å²) in [5.74, 6) is -2.64. The van der Waals surface area contributed by atoms with Crippen molar-refractivity contribution in [2.75, 3.05) is 18.0 Å². The summed E-state index contributed by atoms with van der Waals surface area (Å²) in [5.41, 5.74) is 0.0875. The summed E-state index contributed by atoms with van der Waals surface area (Å²) in [6.07, 6.45) is 1.84. The molecule has 25 heavy (non-hydrogen) atoms. The molecule has 0 atom stereocenters. The Kier molecular flexibility index (Phi) is 3.57. The molecule has 6 nitrogen and oxygen atoms in total. The number of hydrogen-bond donors (Lipinski definition) is 0. The number of alkyl halides is 3. The first kappa shape index (κ1) is 16.1. The van der Waals surface area contributed by atoms with Gasteiger partial charge in [0.2, 0.25) is 0 Å². The third-order valence-electron chi connectivity index (χ3n) is 3.93. The Labute approximate surface area is 145 Å². The molecule has 4 heterocycles. The van der Waals surface area contributed by atoms with Crippen molar-refractivity contribution in [1.29, 1.82) is 0 Å². The van der Waals surface area contributed by atoms with Crippen molar-refractivity contribution < 1.29 is 13.2 Å². The van der Waals surface area contributed by atoms with Gasteiger partial charge in [0.25, 0.3) is 11.9 Å². The summed E-state index contributed by atoms with van der Waals surface area (Å²) >= 11 is 5.96. The van der Waals surface area contributed by atoms with Gasteiger partial charge in [-0.1, -0.05) is 11.6 Å². The molecule has 1 saturated heterocycles. The van der Waals surface area contributed by atoms with Crippen molar-refractivity contribution >= 4 is 28.3 Å². The number of hydrogen-bond acceptors (Lipinski definition) is 5. The van der Waals surface area contributed by atoms with Gasteiger partial charge in [-0.15, -0.1) is 5.10 Å². The van der Waals surface area contributed by atoms with E-state index in [-0.39, 0.29) is 24.2 Å². The van der Waals surface area contributed by atoms with Gasteiger partial charge in [0.1, 0.15) is 17.0 Å². The normalized spacial score (nSPS) is 15.6. The highest BCUT2D eigenvalue weighted by molar-refractivity contribution is 6.30. The minimum atomic E-state index is -3.11. The lowest BCUT2D eigenvalue weighted by molar-refractivity contribution is 0.0126. The minimum Gasteiger partial charge on any atom is -0.349 e. The SMILES string of the molecule is CC(F)(F)c1ccnc(-n2nc(N3CC(F)C3)c3cnc(Cl)cc32)n1. The van der Waals surface area contributed by atoms with E-state index in [1.54, 1.807) is 11.0 Å². The maximum Gasteiger partial charge on any atom is 0.287 e. The Hall–Kier alpha value is -2.42. The van der Waals surface area contributed by atoms with E-state index >= 15 is 0 Å². The lowest BCUT2D eigenvalue weighted by Crippen LogP contribution is -2.48. The number of pyridine rings is 1. The summed E-state index contributed by atoms with van der Waals surface area (Å²) < 4.78 is 41.7. The van der Waals surface area contributed by atoms with Crippen molar-refractivity contribution in [3.05, 3.63) is 35.4 Å². The molecule has 10 heteroatoms.